The van der Waals surface area contributed by atoms with Crippen molar-refractivity contribution in [3.8, 4) is 0 Å². The molecule has 0 bridgehead atoms. The van der Waals surface area contributed by atoms with E-state index in [4.69, 9.17) is 5.73 Å². The van der Waals surface area contributed by atoms with Crippen molar-refractivity contribution in [3.63, 3.8) is 0 Å². The molecule has 102 valence electrons. The number of nitrogens with one attached hydrogen (secondary N) is 1. The van der Waals surface area contributed by atoms with E-state index in [9.17, 15) is 0 Å². The number of rotatable bonds is 3. The van der Waals surface area contributed by atoms with Crippen LogP contribution in [0.4, 0.5) is 0 Å². The van der Waals surface area contributed by atoms with Crippen LogP contribution in [0.2, 0.25) is 0 Å². The molecule has 3 nitrogen and oxygen atoms in total. The van der Waals surface area contributed by atoms with E-state index < -0.39 is 0 Å². The largest absolute Gasteiger partial charge is 0.361 e. The Balaban J connectivity index is 1.74. The van der Waals surface area contributed by atoms with E-state index in [1.165, 1.54) is 29.4 Å². The van der Waals surface area contributed by atoms with Crippen molar-refractivity contribution >= 4 is 10.9 Å². The Labute approximate surface area is 114 Å². The van der Waals surface area contributed by atoms with Crippen molar-refractivity contribution in [1.82, 2.24) is 9.88 Å². The van der Waals surface area contributed by atoms with Crippen molar-refractivity contribution in [3.05, 3.63) is 36.0 Å². The van der Waals surface area contributed by atoms with Gasteiger partial charge in [-0.2, -0.15) is 0 Å². The molecule has 2 aromatic rings. The molecule has 0 aliphatic carbocycles. The van der Waals surface area contributed by atoms with Gasteiger partial charge in [0.15, 0.2) is 0 Å². The second-order valence-corrected chi connectivity index (χ2v) is 5.86. The molecular formula is C16H23N3. The van der Waals surface area contributed by atoms with Gasteiger partial charge in [-0.3, -0.25) is 4.90 Å². The Bertz CT molecular complexity index is 546. The molecule has 1 aromatic heterocycles. The van der Waals surface area contributed by atoms with Crippen LogP contribution in [0.5, 0.6) is 0 Å². The summed E-state index contributed by atoms with van der Waals surface area (Å²) in [5, 5.41) is 1.35. The number of hydrogen-bond donors (Lipinski definition) is 2. The van der Waals surface area contributed by atoms with Gasteiger partial charge < -0.3 is 10.7 Å². The number of hydrogen-bond acceptors (Lipinski definition) is 2. The summed E-state index contributed by atoms with van der Waals surface area (Å²) in [5.41, 5.74) is 8.53. The average molecular weight is 257 g/mol. The molecule has 3 heteroatoms. The summed E-state index contributed by atoms with van der Waals surface area (Å²) in [6, 6.07) is 8.53. The van der Waals surface area contributed by atoms with Gasteiger partial charge >= 0.3 is 0 Å². The van der Waals surface area contributed by atoms with E-state index >= 15 is 0 Å². The highest BCUT2D eigenvalue weighted by Crippen LogP contribution is 2.25. The van der Waals surface area contributed by atoms with Crippen LogP contribution in [0.15, 0.2) is 30.5 Å². The topological polar surface area (TPSA) is 45.0 Å². The van der Waals surface area contributed by atoms with Gasteiger partial charge in [-0.05, 0) is 43.0 Å². The summed E-state index contributed by atoms with van der Waals surface area (Å²) in [4.78, 5) is 5.91. The number of fused-ring (bicyclic) bond motifs is 1. The van der Waals surface area contributed by atoms with Crippen molar-refractivity contribution in [1.29, 1.82) is 0 Å². The van der Waals surface area contributed by atoms with E-state index in [2.05, 4.69) is 47.3 Å². The monoisotopic (exact) mass is 257 g/mol. The van der Waals surface area contributed by atoms with Crippen molar-refractivity contribution < 1.29 is 0 Å². The first-order chi connectivity index (χ1) is 9.28. The zero-order chi connectivity index (χ0) is 13.2. The van der Waals surface area contributed by atoms with Crippen molar-refractivity contribution in [2.75, 3.05) is 19.6 Å². The first-order valence-electron chi connectivity index (χ1n) is 7.25. The first-order valence-corrected chi connectivity index (χ1v) is 7.25. The molecule has 2 heterocycles. The molecule has 2 atom stereocenters. The van der Waals surface area contributed by atoms with Gasteiger partial charge in [0, 0.05) is 30.2 Å². The Morgan fingerprint density at radius 2 is 2.21 bits per heavy atom. The molecule has 1 fully saturated rings. The molecule has 1 aliphatic rings. The zero-order valence-corrected chi connectivity index (χ0v) is 11.6. The minimum absolute atomic E-state index is 0.652. The van der Waals surface area contributed by atoms with E-state index in [0.29, 0.717) is 5.92 Å². The zero-order valence-electron chi connectivity index (χ0n) is 11.6. The molecule has 0 amide bonds. The average Bonchev–Trinajstić information content (AvgIpc) is 2.84. The molecule has 3 rings (SSSR count). The predicted molar refractivity (Wildman–Crippen MR) is 79.9 cm³/mol. The van der Waals surface area contributed by atoms with Crippen LogP contribution >= 0.6 is 0 Å². The van der Waals surface area contributed by atoms with Crippen LogP contribution < -0.4 is 5.73 Å². The number of para-hydroxylation sites is 1. The second kappa shape index (κ2) is 5.35. The smallest absolute Gasteiger partial charge is 0.0457 e. The van der Waals surface area contributed by atoms with Crippen LogP contribution in [0.25, 0.3) is 10.9 Å². The normalized spacial score (nSPS) is 24.9. The van der Waals surface area contributed by atoms with E-state index in [-0.39, 0.29) is 0 Å². The number of piperidine rings is 1. The van der Waals surface area contributed by atoms with Crippen LogP contribution in [-0.2, 0) is 6.54 Å². The van der Waals surface area contributed by atoms with Gasteiger partial charge in [0.1, 0.15) is 0 Å². The van der Waals surface area contributed by atoms with Crippen molar-refractivity contribution in [2.24, 2.45) is 17.6 Å². The Hall–Kier alpha value is -1.32. The lowest BCUT2D eigenvalue weighted by molar-refractivity contribution is 0.126. The van der Waals surface area contributed by atoms with Gasteiger partial charge in [-0.15, -0.1) is 0 Å². The summed E-state index contributed by atoms with van der Waals surface area (Å²) < 4.78 is 0. The maximum atomic E-state index is 5.89. The van der Waals surface area contributed by atoms with Crippen LogP contribution in [0.1, 0.15) is 18.9 Å². The Morgan fingerprint density at radius 1 is 1.37 bits per heavy atom. The quantitative estimate of drug-likeness (QED) is 0.887. The summed E-state index contributed by atoms with van der Waals surface area (Å²) in [6.07, 6.45) is 3.42. The maximum Gasteiger partial charge on any atom is 0.0457 e. The van der Waals surface area contributed by atoms with Crippen LogP contribution in [-0.4, -0.2) is 29.5 Å². The van der Waals surface area contributed by atoms with Gasteiger partial charge in [0.2, 0.25) is 0 Å². The minimum Gasteiger partial charge on any atom is -0.361 e. The lowest BCUT2D eigenvalue weighted by Crippen LogP contribution is -2.42. The Kier molecular flexibility index (Phi) is 3.58. The fourth-order valence-electron chi connectivity index (χ4n) is 3.18. The molecule has 0 radical (unpaired) electrons. The molecule has 19 heavy (non-hydrogen) atoms. The van der Waals surface area contributed by atoms with E-state index in [1.54, 1.807) is 0 Å². The molecule has 0 spiro atoms. The van der Waals surface area contributed by atoms with Gasteiger partial charge in [-0.25, -0.2) is 0 Å². The van der Waals surface area contributed by atoms with Gasteiger partial charge in [-0.1, -0.05) is 25.1 Å². The Morgan fingerprint density at radius 3 is 3.05 bits per heavy atom. The SMILES string of the molecule is CC1CCN(Cc2c[nH]c3ccccc23)CC1CN. The van der Waals surface area contributed by atoms with Crippen molar-refractivity contribution in [2.45, 2.75) is 19.9 Å². The summed E-state index contributed by atoms with van der Waals surface area (Å²) in [6.45, 7) is 6.51. The number of benzene rings is 1. The summed E-state index contributed by atoms with van der Waals surface area (Å²) in [5.74, 6) is 1.42. The van der Waals surface area contributed by atoms with E-state index in [0.717, 1.165) is 25.6 Å². The summed E-state index contributed by atoms with van der Waals surface area (Å²) in [7, 11) is 0. The first kappa shape index (κ1) is 12.7. The molecule has 1 saturated heterocycles. The highest BCUT2D eigenvalue weighted by molar-refractivity contribution is 5.82. The molecule has 1 aliphatic heterocycles. The highest BCUT2D eigenvalue weighted by Gasteiger charge is 2.25. The lowest BCUT2D eigenvalue weighted by Gasteiger charge is -2.36. The fraction of sp³-hybridized carbons (Fsp3) is 0.500. The third-order valence-electron chi connectivity index (χ3n) is 4.57. The van der Waals surface area contributed by atoms with Crippen LogP contribution in [0.3, 0.4) is 0 Å². The summed E-state index contributed by atoms with van der Waals surface area (Å²) >= 11 is 0. The third-order valence-corrected chi connectivity index (χ3v) is 4.57. The highest BCUT2D eigenvalue weighted by atomic mass is 15.1. The number of H-pyrrole nitrogens is 1. The standard InChI is InChI=1S/C16H23N3/c1-12-6-7-19(10-13(12)8-17)11-14-9-18-16-5-3-2-4-15(14)16/h2-5,9,12-13,18H,6-8,10-11,17H2,1H3. The second-order valence-electron chi connectivity index (χ2n) is 5.86. The van der Waals surface area contributed by atoms with Crippen LogP contribution in [0, 0.1) is 11.8 Å². The third kappa shape index (κ3) is 2.53. The molecular weight excluding hydrogens is 234 g/mol. The number of nitrogens with zero attached hydrogens (tertiary/aromatic N) is 1. The number of nitrogens with two attached hydrogens (primary N) is 1. The fourth-order valence-corrected chi connectivity index (χ4v) is 3.18. The lowest BCUT2D eigenvalue weighted by atomic mass is 9.87. The molecule has 2 unspecified atom stereocenters. The predicted octanol–water partition coefficient (Wildman–Crippen LogP) is 2.58. The molecule has 3 N–H and O–H groups in total. The minimum atomic E-state index is 0.652. The van der Waals surface area contributed by atoms with Gasteiger partial charge in [0.05, 0.1) is 0 Å². The number of likely N-dealkylation sites (tertiary alicyclic amines) is 1. The van der Waals surface area contributed by atoms with Gasteiger partial charge in [0.25, 0.3) is 0 Å². The molecule has 1 aromatic carbocycles. The number of aromatic amines is 1. The number of aromatic nitrogens is 1. The maximum absolute atomic E-state index is 5.89. The van der Waals surface area contributed by atoms with E-state index in [1.807, 2.05) is 0 Å². The molecule has 0 saturated carbocycles.